The van der Waals surface area contributed by atoms with Gasteiger partial charge in [-0.3, -0.25) is 0 Å². The highest BCUT2D eigenvalue weighted by molar-refractivity contribution is 7.10. The Morgan fingerprint density at radius 1 is 1.04 bits per heavy atom. The Morgan fingerprint density at radius 3 is 2.50 bits per heavy atom. The normalized spacial score (nSPS) is 11.6. The maximum absolute atomic E-state index is 12.8. The number of amides is 2. The molecule has 0 aliphatic carbocycles. The number of carbonyl (C=O) groups excluding carboxylic acids is 1. The number of carbonyl (C=O) groups is 1. The fraction of sp³-hybridized carbons (Fsp3) is 0.150. The van der Waals surface area contributed by atoms with Gasteiger partial charge in [-0.05, 0) is 41.3 Å². The molecule has 1 heterocycles. The lowest BCUT2D eigenvalue weighted by molar-refractivity contribution is 0.234. The molecule has 3 rings (SSSR count). The zero-order valence-corrected chi connectivity index (χ0v) is 14.8. The summed E-state index contributed by atoms with van der Waals surface area (Å²) in [4.78, 5) is 13.3. The van der Waals surface area contributed by atoms with Crippen LogP contribution in [-0.2, 0) is 0 Å². The molecule has 1 aromatic heterocycles. The number of urea groups is 1. The number of ether oxygens (including phenoxy) is 1. The molecule has 2 aromatic carbocycles. The SMILES string of the molecule is O=C(NCCOc1ccc(F)cc1)NC(c1ccccc1)c1cccs1. The standard InChI is InChI=1S/C20H19FN2O2S/c21-16-8-10-17(11-9-16)25-13-12-22-20(24)23-19(18-7-4-14-26-18)15-5-2-1-3-6-15/h1-11,14,19H,12-13H2,(H2,22,23,24). The van der Waals surface area contributed by atoms with Gasteiger partial charge in [-0.25, -0.2) is 9.18 Å². The van der Waals surface area contributed by atoms with Gasteiger partial charge in [0.1, 0.15) is 18.2 Å². The monoisotopic (exact) mass is 370 g/mol. The Kier molecular flexibility index (Phi) is 6.22. The smallest absolute Gasteiger partial charge is 0.315 e. The van der Waals surface area contributed by atoms with E-state index in [2.05, 4.69) is 10.6 Å². The molecule has 6 heteroatoms. The van der Waals surface area contributed by atoms with Gasteiger partial charge in [0.05, 0.1) is 12.6 Å². The van der Waals surface area contributed by atoms with Crippen molar-refractivity contribution in [2.45, 2.75) is 6.04 Å². The molecule has 134 valence electrons. The number of benzene rings is 2. The van der Waals surface area contributed by atoms with E-state index in [0.717, 1.165) is 10.4 Å². The third-order valence-electron chi connectivity index (χ3n) is 3.71. The number of hydrogen-bond acceptors (Lipinski definition) is 3. The molecule has 0 aliphatic heterocycles. The molecule has 0 saturated heterocycles. The van der Waals surface area contributed by atoms with E-state index in [9.17, 15) is 9.18 Å². The van der Waals surface area contributed by atoms with Crippen LogP contribution in [0.25, 0.3) is 0 Å². The lowest BCUT2D eigenvalue weighted by atomic mass is 10.1. The quantitative estimate of drug-likeness (QED) is 0.607. The van der Waals surface area contributed by atoms with Crippen molar-refractivity contribution in [2.75, 3.05) is 13.2 Å². The molecule has 1 unspecified atom stereocenters. The molecule has 2 N–H and O–H groups in total. The van der Waals surface area contributed by atoms with Crippen molar-refractivity contribution in [3.63, 3.8) is 0 Å². The van der Waals surface area contributed by atoms with Crippen molar-refractivity contribution >= 4 is 17.4 Å². The number of nitrogens with one attached hydrogen (secondary N) is 2. The summed E-state index contributed by atoms with van der Waals surface area (Å²) in [5.41, 5.74) is 1.02. The molecule has 2 amide bonds. The first-order valence-corrected chi connectivity index (χ1v) is 9.11. The van der Waals surface area contributed by atoms with E-state index in [0.29, 0.717) is 18.9 Å². The lowest BCUT2D eigenvalue weighted by Crippen LogP contribution is -2.39. The van der Waals surface area contributed by atoms with Gasteiger partial charge in [0.15, 0.2) is 0 Å². The minimum absolute atomic E-state index is 0.200. The van der Waals surface area contributed by atoms with Gasteiger partial charge in [0.2, 0.25) is 0 Å². The van der Waals surface area contributed by atoms with Gasteiger partial charge in [0.25, 0.3) is 0 Å². The minimum Gasteiger partial charge on any atom is -0.492 e. The molecule has 1 atom stereocenters. The third-order valence-corrected chi connectivity index (χ3v) is 4.64. The van der Waals surface area contributed by atoms with Crippen LogP contribution in [0.3, 0.4) is 0 Å². The highest BCUT2D eigenvalue weighted by atomic mass is 32.1. The molecule has 4 nitrogen and oxygen atoms in total. The molecule has 0 spiro atoms. The second-order valence-corrected chi connectivity index (χ2v) is 6.54. The maximum Gasteiger partial charge on any atom is 0.315 e. The average Bonchev–Trinajstić information content (AvgIpc) is 3.20. The second kappa shape index (κ2) is 9.01. The first-order chi connectivity index (χ1) is 12.7. The van der Waals surface area contributed by atoms with Crippen LogP contribution in [0.4, 0.5) is 9.18 Å². The summed E-state index contributed by atoms with van der Waals surface area (Å²) in [6, 6.07) is 19.1. The predicted octanol–water partition coefficient (Wildman–Crippen LogP) is 4.35. The van der Waals surface area contributed by atoms with Crippen LogP contribution in [0.5, 0.6) is 5.75 Å². The Morgan fingerprint density at radius 2 is 1.81 bits per heavy atom. The van der Waals surface area contributed by atoms with E-state index in [-0.39, 0.29) is 17.9 Å². The van der Waals surface area contributed by atoms with Gasteiger partial charge >= 0.3 is 6.03 Å². The summed E-state index contributed by atoms with van der Waals surface area (Å²) in [5, 5.41) is 7.77. The highest BCUT2D eigenvalue weighted by Gasteiger charge is 2.17. The third kappa shape index (κ3) is 5.07. The first kappa shape index (κ1) is 17.9. The Labute approximate surface area is 155 Å². The average molecular weight is 370 g/mol. The van der Waals surface area contributed by atoms with E-state index in [1.54, 1.807) is 23.5 Å². The van der Waals surface area contributed by atoms with Crippen LogP contribution in [-0.4, -0.2) is 19.2 Å². The fourth-order valence-electron chi connectivity index (χ4n) is 2.47. The van der Waals surface area contributed by atoms with Crippen molar-refractivity contribution in [1.29, 1.82) is 0 Å². The molecule has 0 radical (unpaired) electrons. The van der Waals surface area contributed by atoms with E-state index in [1.807, 2.05) is 47.8 Å². The van der Waals surface area contributed by atoms with Crippen LogP contribution in [0.2, 0.25) is 0 Å². The van der Waals surface area contributed by atoms with Gasteiger partial charge in [-0.2, -0.15) is 0 Å². The van der Waals surface area contributed by atoms with Crippen molar-refractivity contribution < 1.29 is 13.9 Å². The summed E-state index contributed by atoms with van der Waals surface area (Å²) in [5.74, 6) is 0.254. The maximum atomic E-state index is 12.8. The summed E-state index contributed by atoms with van der Waals surface area (Å²) < 4.78 is 18.3. The topological polar surface area (TPSA) is 50.4 Å². The van der Waals surface area contributed by atoms with Crippen molar-refractivity contribution in [3.8, 4) is 5.75 Å². The molecular weight excluding hydrogens is 351 g/mol. The van der Waals surface area contributed by atoms with Crippen molar-refractivity contribution in [1.82, 2.24) is 10.6 Å². The summed E-state index contributed by atoms with van der Waals surface area (Å²) in [6.45, 7) is 0.642. The molecule has 0 bridgehead atoms. The highest BCUT2D eigenvalue weighted by Crippen LogP contribution is 2.25. The van der Waals surface area contributed by atoms with Crippen LogP contribution < -0.4 is 15.4 Å². The first-order valence-electron chi connectivity index (χ1n) is 8.23. The fourth-order valence-corrected chi connectivity index (χ4v) is 3.27. The van der Waals surface area contributed by atoms with Crippen LogP contribution in [0.15, 0.2) is 72.1 Å². The van der Waals surface area contributed by atoms with E-state index < -0.39 is 0 Å². The van der Waals surface area contributed by atoms with E-state index in [1.165, 1.54) is 12.1 Å². The Hall–Kier alpha value is -2.86. The molecular formula is C20H19FN2O2S. The van der Waals surface area contributed by atoms with Crippen molar-refractivity contribution in [2.24, 2.45) is 0 Å². The van der Waals surface area contributed by atoms with Gasteiger partial charge in [-0.15, -0.1) is 11.3 Å². The summed E-state index contributed by atoms with van der Waals surface area (Å²) in [7, 11) is 0. The Bertz CT molecular complexity index is 808. The van der Waals surface area contributed by atoms with Gasteiger partial charge < -0.3 is 15.4 Å². The largest absolute Gasteiger partial charge is 0.492 e. The van der Waals surface area contributed by atoms with Crippen molar-refractivity contribution in [3.05, 3.63) is 88.4 Å². The van der Waals surface area contributed by atoms with E-state index in [4.69, 9.17) is 4.74 Å². The summed E-state index contributed by atoms with van der Waals surface area (Å²) >= 11 is 1.60. The van der Waals surface area contributed by atoms with Crippen LogP contribution >= 0.6 is 11.3 Å². The minimum atomic E-state index is -0.310. The number of rotatable bonds is 7. The van der Waals surface area contributed by atoms with Gasteiger partial charge in [-0.1, -0.05) is 36.4 Å². The molecule has 3 aromatic rings. The van der Waals surface area contributed by atoms with E-state index >= 15 is 0 Å². The van der Waals surface area contributed by atoms with Crippen LogP contribution in [0.1, 0.15) is 16.5 Å². The zero-order valence-electron chi connectivity index (χ0n) is 14.0. The summed E-state index contributed by atoms with van der Waals surface area (Å²) in [6.07, 6.45) is 0. The molecule has 0 saturated carbocycles. The second-order valence-electron chi connectivity index (χ2n) is 5.56. The Balaban J connectivity index is 1.51. The van der Waals surface area contributed by atoms with Crippen LogP contribution in [0, 0.1) is 5.82 Å². The number of hydrogen-bond donors (Lipinski definition) is 2. The number of halogens is 1. The molecule has 26 heavy (non-hydrogen) atoms. The molecule has 0 fully saturated rings. The number of thiophene rings is 1. The predicted molar refractivity (Wildman–Crippen MR) is 101 cm³/mol. The lowest BCUT2D eigenvalue weighted by Gasteiger charge is -2.18. The zero-order chi connectivity index (χ0) is 18.2. The molecule has 0 aliphatic rings. The van der Waals surface area contributed by atoms with Gasteiger partial charge in [0, 0.05) is 4.88 Å².